The Morgan fingerprint density at radius 1 is 1.10 bits per heavy atom. The summed E-state index contributed by atoms with van der Waals surface area (Å²) in [4.78, 5) is 37.9. The summed E-state index contributed by atoms with van der Waals surface area (Å²) < 4.78 is 30.2. The van der Waals surface area contributed by atoms with Gasteiger partial charge in [-0.05, 0) is 42.7 Å². The van der Waals surface area contributed by atoms with E-state index in [4.69, 9.17) is 4.18 Å². The molecule has 2 aromatic carbocycles. The molecule has 2 aliphatic heterocycles. The first-order valence-corrected chi connectivity index (χ1v) is 10.9. The van der Waals surface area contributed by atoms with Crippen molar-refractivity contribution in [1.82, 2.24) is 10.2 Å². The summed E-state index contributed by atoms with van der Waals surface area (Å²) in [5.74, 6) is -1.16. The number of hydrogen-bond donors (Lipinski definition) is 1. The fourth-order valence-corrected chi connectivity index (χ4v) is 4.59. The maximum absolute atomic E-state index is 12.8. The van der Waals surface area contributed by atoms with Crippen LogP contribution in [0.15, 0.2) is 47.4 Å². The molecule has 2 aliphatic rings. The Bertz CT molecular complexity index is 1140. The summed E-state index contributed by atoms with van der Waals surface area (Å²) in [5.41, 5.74) is 2.54. The number of nitrogens with zero attached hydrogens (tertiary/aromatic N) is 1. The molecule has 0 spiro atoms. The molecule has 1 fully saturated rings. The van der Waals surface area contributed by atoms with E-state index in [1.165, 1.54) is 17.0 Å². The molecule has 0 aliphatic carbocycles. The van der Waals surface area contributed by atoms with E-state index in [1.807, 2.05) is 6.92 Å². The molecule has 9 heteroatoms. The number of benzene rings is 2. The Kier molecular flexibility index (Phi) is 5.17. The van der Waals surface area contributed by atoms with Crippen molar-refractivity contribution in [2.75, 3.05) is 0 Å². The van der Waals surface area contributed by atoms with E-state index < -0.39 is 22.1 Å². The second-order valence-corrected chi connectivity index (χ2v) is 8.99. The van der Waals surface area contributed by atoms with Gasteiger partial charge in [-0.3, -0.25) is 23.9 Å². The standard InChI is InChI=1S/C21H20N2O6S/c1-13-5-7-15(8-6-13)30(27,28)29-12-14-3-2-4-16-17(14)11-23(21(16)26)18-9-10-19(24)22-20(18)25/h2-8,18H,9-12H2,1H3,(H,22,24,25). The molecule has 1 atom stereocenters. The highest BCUT2D eigenvalue weighted by Crippen LogP contribution is 2.30. The van der Waals surface area contributed by atoms with Crippen LogP contribution in [-0.2, 0) is 37.0 Å². The first kappa shape index (κ1) is 20.2. The number of carbonyl (C=O) groups excluding carboxylic acids is 3. The highest BCUT2D eigenvalue weighted by Gasteiger charge is 2.39. The van der Waals surface area contributed by atoms with Gasteiger partial charge in [-0.1, -0.05) is 29.8 Å². The van der Waals surface area contributed by atoms with Gasteiger partial charge in [0.15, 0.2) is 0 Å². The average molecular weight is 428 g/mol. The van der Waals surface area contributed by atoms with E-state index in [9.17, 15) is 22.8 Å². The van der Waals surface area contributed by atoms with Crippen LogP contribution < -0.4 is 5.32 Å². The van der Waals surface area contributed by atoms with Crippen LogP contribution in [-0.4, -0.2) is 37.1 Å². The van der Waals surface area contributed by atoms with E-state index in [0.717, 1.165) is 5.56 Å². The van der Waals surface area contributed by atoms with Gasteiger partial charge in [-0.25, -0.2) is 0 Å². The predicted molar refractivity (Wildman–Crippen MR) is 106 cm³/mol. The van der Waals surface area contributed by atoms with Crippen LogP contribution >= 0.6 is 0 Å². The van der Waals surface area contributed by atoms with E-state index >= 15 is 0 Å². The lowest BCUT2D eigenvalue weighted by atomic mass is 10.0. The normalized spacial score (nSPS) is 19.0. The van der Waals surface area contributed by atoms with Crippen LogP contribution in [0.3, 0.4) is 0 Å². The maximum Gasteiger partial charge on any atom is 0.297 e. The molecule has 0 radical (unpaired) electrons. The molecule has 3 amide bonds. The van der Waals surface area contributed by atoms with Crippen LogP contribution in [0.5, 0.6) is 0 Å². The van der Waals surface area contributed by atoms with Gasteiger partial charge >= 0.3 is 0 Å². The molecule has 2 aromatic rings. The molecule has 2 heterocycles. The molecule has 1 N–H and O–H groups in total. The summed E-state index contributed by atoms with van der Waals surface area (Å²) in [6.07, 6.45) is 0.430. The Balaban J connectivity index is 1.53. The number of aryl methyl sites for hydroxylation is 1. The molecular weight excluding hydrogens is 408 g/mol. The van der Waals surface area contributed by atoms with Crippen molar-refractivity contribution in [2.45, 2.75) is 43.9 Å². The van der Waals surface area contributed by atoms with Crippen molar-refractivity contribution >= 4 is 27.8 Å². The lowest BCUT2D eigenvalue weighted by Gasteiger charge is -2.29. The molecule has 156 valence electrons. The van der Waals surface area contributed by atoms with Gasteiger partial charge in [0, 0.05) is 18.5 Å². The summed E-state index contributed by atoms with van der Waals surface area (Å²) in [7, 11) is -3.96. The summed E-state index contributed by atoms with van der Waals surface area (Å²) in [6, 6.07) is 10.6. The Hall–Kier alpha value is -3.04. The minimum Gasteiger partial charge on any atom is -0.322 e. The van der Waals surface area contributed by atoms with Gasteiger partial charge in [0.25, 0.3) is 16.0 Å². The number of hydrogen-bond acceptors (Lipinski definition) is 6. The van der Waals surface area contributed by atoms with Crippen molar-refractivity contribution in [3.05, 3.63) is 64.7 Å². The monoisotopic (exact) mass is 428 g/mol. The third-order valence-electron chi connectivity index (χ3n) is 5.36. The van der Waals surface area contributed by atoms with Crippen molar-refractivity contribution in [2.24, 2.45) is 0 Å². The van der Waals surface area contributed by atoms with Gasteiger partial charge in [0.1, 0.15) is 6.04 Å². The second kappa shape index (κ2) is 7.66. The van der Waals surface area contributed by atoms with E-state index in [2.05, 4.69) is 5.32 Å². The zero-order valence-corrected chi connectivity index (χ0v) is 17.1. The van der Waals surface area contributed by atoms with E-state index in [0.29, 0.717) is 16.7 Å². The SMILES string of the molecule is Cc1ccc(S(=O)(=O)OCc2cccc3c2CN(C2CCC(=O)NC2=O)C3=O)cc1. The highest BCUT2D eigenvalue weighted by atomic mass is 32.2. The Labute approximate surface area is 174 Å². The summed E-state index contributed by atoms with van der Waals surface area (Å²) in [6.45, 7) is 1.79. The zero-order valence-electron chi connectivity index (χ0n) is 16.3. The van der Waals surface area contributed by atoms with Gasteiger partial charge in [-0.15, -0.1) is 0 Å². The van der Waals surface area contributed by atoms with Crippen molar-refractivity contribution in [3.63, 3.8) is 0 Å². The molecule has 30 heavy (non-hydrogen) atoms. The molecule has 0 bridgehead atoms. The van der Waals surface area contributed by atoms with Crippen LogP contribution in [0.1, 0.15) is 39.9 Å². The van der Waals surface area contributed by atoms with Crippen molar-refractivity contribution < 1.29 is 27.0 Å². The van der Waals surface area contributed by atoms with Crippen LogP contribution in [0.25, 0.3) is 0 Å². The molecular formula is C21H20N2O6S. The number of rotatable bonds is 5. The first-order valence-electron chi connectivity index (χ1n) is 9.48. The molecule has 1 saturated heterocycles. The van der Waals surface area contributed by atoms with Gasteiger partial charge < -0.3 is 4.90 Å². The van der Waals surface area contributed by atoms with Crippen LogP contribution in [0, 0.1) is 6.92 Å². The van der Waals surface area contributed by atoms with Crippen molar-refractivity contribution in [3.8, 4) is 0 Å². The maximum atomic E-state index is 12.8. The highest BCUT2D eigenvalue weighted by molar-refractivity contribution is 7.86. The largest absolute Gasteiger partial charge is 0.322 e. The Morgan fingerprint density at radius 3 is 2.53 bits per heavy atom. The molecule has 4 rings (SSSR count). The Morgan fingerprint density at radius 2 is 1.83 bits per heavy atom. The molecule has 8 nitrogen and oxygen atoms in total. The lowest BCUT2D eigenvalue weighted by Crippen LogP contribution is -2.52. The van der Waals surface area contributed by atoms with Crippen LogP contribution in [0.2, 0.25) is 0 Å². The third kappa shape index (κ3) is 3.73. The third-order valence-corrected chi connectivity index (χ3v) is 6.64. The fourth-order valence-electron chi connectivity index (χ4n) is 3.70. The average Bonchev–Trinajstić information content (AvgIpc) is 3.04. The molecule has 0 aromatic heterocycles. The van der Waals surface area contributed by atoms with E-state index in [1.54, 1.807) is 30.3 Å². The number of piperidine rings is 1. The molecule has 0 saturated carbocycles. The van der Waals surface area contributed by atoms with Crippen LogP contribution in [0.4, 0.5) is 0 Å². The minimum atomic E-state index is -3.96. The smallest absolute Gasteiger partial charge is 0.297 e. The predicted octanol–water partition coefficient (Wildman–Crippen LogP) is 1.66. The number of nitrogens with one attached hydrogen (secondary N) is 1. The lowest BCUT2D eigenvalue weighted by molar-refractivity contribution is -0.136. The number of amides is 3. The number of carbonyl (C=O) groups is 3. The molecule has 1 unspecified atom stereocenters. The van der Waals surface area contributed by atoms with Crippen molar-refractivity contribution in [1.29, 1.82) is 0 Å². The summed E-state index contributed by atoms with van der Waals surface area (Å²) in [5, 5.41) is 2.26. The minimum absolute atomic E-state index is 0.0573. The quantitative estimate of drug-likeness (QED) is 0.573. The van der Waals surface area contributed by atoms with Gasteiger partial charge in [-0.2, -0.15) is 8.42 Å². The second-order valence-electron chi connectivity index (χ2n) is 7.37. The summed E-state index contributed by atoms with van der Waals surface area (Å²) >= 11 is 0. The van der Waals surface area contributed by atoms with Gasteiger partial charge in [0.05, 0.1) is 11.5 Å². The fraction of sp³-hybridized carbons (Fsp3) is 0.286. The topological polar surface area (TPSA) is 110 Å². The number of imide groups is 1. The van der Waals surface area contributed by atoms with E-state index in [-0.39, 0.29) is 42.7 Å². The number of fused-ring (bicyclic) bond motifs is 1. The van der Waals surface area contributed by atoms with Gasteiger partial charge in [0.2, 0.25) is 11.8 Å². The first-order chi connectivity index (χ1) is 14.3. The zero-order chi connectivity index (χ0) is 21.5.